The number of carbonyl (C=O) groups is 1. The normalized spacial score (nSPS) is 14.1. The van der Waals surface area contributed by atoms with Crippen LogP contribution in [0.3, 0.4) is 0 Å². The Morgan fingerprint density at radius 1 is 0.839 bits per heavy atom. The molecule has 8 heteroatoms. The monoisotopic (exact) mass is 423 g/mol. The van der Waals surface area contributed by atoms with Crippen LogP contribution in [-0.4, -0.2) is 29.3 Å². The van der Waals surface area contributed by atoms with Crippen LogP contribution in [0.5, 0.6) is 0 Å². The molecule has 1 aliphatic rings. The van der Waals surface area contributed by atoms with Crippen LogP contribution >= 0.6 is 0 Å². The summed E-state index contributed by atoms with van der Waals surface area (Å²) in [6, 6.07) is 13.2. The Labute approximate surface area is 179 Å². The van der Waals surface area contributed by atoms with E-state index in [1.54, 1.807) is 12.1 Å². The number of urea groups is 1. The van der Waals surface area contributed by atoms with E-state index in [0.717, 1.165) is 48.4 Å². The van der Waals surface area contributed by atoms with E-state index in [-0.39, 0.29) is 5.69 Å². The molecule has 2 amide bonds. The van der Waals surface area contributed by atoms with Gasteiger partial charge in [0.05, 0.1) is 11.4 Å². The van der Waals surface area contributed by atoms with Gasteiger partial charge in [-0.05, 0) is 49.2 Å². The van der Waals surface area contributed by atoms with Crippen molar-refractivity contribution in [3.63, 3.8) is 0 Å². The zero-order valence-corrected chi connectivity index (χ0v) is 16.9. The molecule has 6 nitrogen and oxygen atoms in total. The average molecular weight is 423 g/mol. The maximum atomic E-state index is 13.7. The molecule has 2 aromatic carbocycles. The second kappa shape index (κ2) is 9.51. The molecule has 0 aliphatic carbocycles. The molecule has 1 fully saturated rings. The van der Waals surface area contributed by atoms with Crippen molar-refractivity contribution < 1.29 is 13.6 Å². The van der Waals surface area contributed by atoms with Crippen LogP contribution in [0.15, 0.2) is 54.6 Å². The highest BCUT2D eigenvalue weighted by atomic mass is 19.1. The molecule has 1 saturated heterocycles. The van der Waals surface area contributed by atoms with E-state index in [2.05, 4.69) is 25.7 Å². The molecule has 0 radical (unpaired) electrons. The zero-order chi connectivity index (χ0) is 21.6. The lowest BCUT2D eigenvalue weighted by Crippen LogP contribution is -2.25. The molecular weight excluding hydrogens is 400 g/mol. The number of anilines is 3. The maximum Gasteiger partial charge on any atom is 0.323 e. The molecule has 0 spiro atoms. The van der Waals surface area contributed by atoms with Gasteiger partial charge < -0.3 is 15.5 Å². The summed E-state index contributed by atoms with van der Waals surface area (Å²) in [5.41, 5.74) is 1.87. The predicted molar refractivity (Wildman–Crippen MR) is 117 cm³/mol. The first-order valence-electron chi connectivity index (χ1n) is 10.3. The van der Waals surface area contributed by atoms with Crippen LogP contribution < -0.4 is 15.5 Å². The lowest BCUT2D eigenvalue weighted by atomic mass is 10.1. The lowest BCUT2D eigenvalue weighted by molar-refractivity contribution is 0.262. The van der Waals surface area contributed by atoms with E-state index < -0.39 is 17.7 Å². The number of nitrogens with zero attached hydrogens (tertiary/aromatic N) is 3. The number of nitrogens with one attached hydrogen (secondary N) is 2. The van der Waals surface area contributed by atoms with Gasteiger partial charge in [-0.1, -0.05) is 25.0 Å². The van der Waals surface area contributed by atoms with Crippen LogP contribution in [0.2, 0.25) is 0 Å². The fraction of sp³-hybridized carbons (Fsp3) is 0.261. The molecule has 4 rings (SSSR count). The number of benzene rings is 2. The molecule has 2 heterocycles. The Morgan fingerprint density at radius 3 is 2.26 bits per heavy atom. The van der Waals surface area contributed by atoms with Gasteiger partial charge >= 0.3 is 6.03 Å². The number of hydrogen-bond acceptors (Lipinski definition) is 4. The highest BCUT2D eigenvalue weighted by Gasteiger charge is 2.12. The number of aromatic nitrogens is 2. The topological polar surface area (TPSA) is 70.2 Å². The summed E-state index contributed by atoms with van der Waals surface area (Å²) >= 11 is 0. The largest absolute Gasteiger partial charge is 0.355 e. The molecule has 0 atom stereocenters. The summed E-state index contributed by atoms with van der Waals surface area (Å²) in [5, 5.41) is 13.6. The summed E-state index contributed by atoms with van der Waals surface area (Å²) in [4.78, 5) is 14.3. The van der Waals surface area contributed by atoms with E-state index in [1.165, 1.54) is 25.7 Å². The maximum absolute atomic E-state index is 13.7. The molecule has 0 bridgehead atoms. The van der Waals surface area contributed by atoms with E-state index in [4.69, 9.17) is 0 Å². The quantitative estimate of drug-likeness (QED) is 0.586. The Bertz CT molecular complexity index is 1030. The molecule has 0 saturated carbocycles. The second-order valence-corrected chi connectivity index (χ2v) is 7.46. The van der Waals surface area contributed by atoms with Gasteiger partial charge in [0, 0.05) is 30.4 Å². The van der Waals surface area contributed by atoms with Crippen molar-refractivity contribution in [3.8, 4) is 11.3 Å². The predicted octanol–water partition coefficient (Wildman–Crippen LogP) is 5.45. The minimum absolute atomic E-state index is 0.228. The minimum atomic E-state index is -0.714. The fourth-order valence-corrected chi connectivity index (χ4v) is 3.55. The van der Waals surface area contributed by atoms with Crippen LogP contribution in [0, 0.1) is 11.6 Å². The smallest absolute Gasteiger partial charge is 0.323 e. The van der Waals surface area contributed by atoms with Crippen LogP contribution in [0.1, 0.15) is 25.7 Å². The van der Waals surface area contributed by atoms with Gasteiger partial charge in [0.25, 0.3) is 0 Å². The number of halogens is 2. The summed E-state index contributed by atoms with van der Waals surface area (Å²) in [5.74, 6) is -0.455. The third-order valence-corrected chi connectivity index (χ3v) is 5.20. The van der Waals surface area contributed by atoms with Crippen molar-refractivity contribution in [2.75, 3.05) is 28.6 Å². The Kier molecular flexibility index (Phi) is 6.35. The molecule has 0 unspecified atom stereocenters. The first-order chi connectivity index (χ1) is 15.1. The Hall–Kier alpha value is -3.55. The van der Waals surface area contributed by atoms with Gasteiger partial charge in [0.1, 0.15) is 11.6 Å². The highest BCUT2D eigenvalue weighted by Crippen LogP contribution is 2.22. The van der Waals surface area contributed by atoms with Gasteiger partial charge in [0.2, 0.25) is 0 Å². The molecule has 160 valence electrons. The van der Waals surface area contributed by atoms with Gasteiger partial charge in [-0.3, -0.25) is 0 Å². The standard InChI is InChI=1S/C23H23F2N5O/c24-17-7-10-19(25)21(15-17)27-23(31)26-18-8-5-16(6-9-18)20-11-12-22(29-28-20)30-13-3-1-2-4-14-30/h5-12,15H,1-4,13-14H2,(H2,26,27,31). The van der Waals surface area contributed by atoms with Crippen LogP contribution in [0.4, 0.5) is 30.8 Å². The summed E-state index contributed by atoms with van der Waals surface area (Å²) in [6.45, 7) is 2.02. The number of amides is 2. The first kappa shape index (κ1) is 20.7. The van der Waals surface area contributed by atoms with Gasteiger partial charge in [-0.25, -0.2) is 13.6 Å². The molecule has 1 aliphatic heterocycles. The van der Waals surface area contributed by atoms with Crippen molar-refractivity contribution in [2.24, 2.45) is 0 Å². The van der Waals surface area contributed by atoms with Crippen molar-refractivity contribution in [3.05, 3.63) is 66.2 Å². The van der Waals surface area contributed by atoms with E-state index in [9.17, 15) is 13.6 Å². The van der Waals surface area contributed by atoms with Crippen molar-refractivity contribution >= 4 is 23.2 Å². The van der Waals surface area contributed by atoms with Crippen molar-refractivity contribution in [1.29, 1.82) is 0 Å². The number of rotatable bonds is 4. The van der Waals surface area contributed by atoms with Crippen LogP contribution in [0.25, 0.3) is 11.3 Å². The summed E-state index contributed by atoms with van der Waals surface area (Å²) < 4.78 is 26.9. The molecule has 2 N–H and O–H groups in total. The molecule has 1 aromatic heterocycles. The van der Waals surface area contributed by atoms with E-state index >= 15 is 0 Å². The molecule has 31 heavy (non-hydrogen) atoms. The first-order valence-corrected chi connectivity index (χ1v) is 10.3. The Morgan fingerprint density at radius 2 is 1.58 bits per heavy atom. The van der Waals surface area contributed by atoms with E-state index in [0.29, 0.717) is 5.69 Å². The third kappa shape index (κ3) is 5.33. The van der Waals surface area contributed by atoms with Gasteiger partial charge in [-0.15, -0.1) is 10.2 Å². The van der Waals surface area contributed by atoms with Crippen molar-refractivity contribution in [2.45, 2.75) is 25.7 Å². The Balaban J connectivity index is 1.38. The molecular formula is C23H23F2N5O. The number of carbonyl (C=O) groups excluding carboxylic acids is 1. The third-order valence-electron chi connectivity index (χ3n) is 5.20. The van der Waals surface area contributed by atoms with Gasteiger partial charge in [0.15, 0.2) is 5.82 Å². The van der Waals surface area contributed by atoms with E-state index in [1.807, 2.05) is 24.3 Å². The number of hydrogen-bond donors (Lipinski definition) is 2. The van der Waals surface area contributed by atoms with Crippen molar-refractivity contribution in [1.82, 2.24) is 10.2 Å². The fourth-order valence-electron chi connectivity index (χ4n) is 3.55. The second-order valence-electron chi connectivity index (χ2n) is 7.46. The SMILES string of the molecule is O=C(Nc1ccc(-c2ccc(N3CCCCCC3)nn2)cc1)Nc1cc(F)ccc1F. The highest BCUT2D eigenvalue weighted by molar-refractivity contribution is 5.99. The minimum Gasteiger partial charge on any atom is -0.355 e. The van der Waals surface area contributed by atoms with Gasteiger partial charge in [-0.2, -0.15) is 0 Å². The zero-order valence-electron chi connectivity index (χ0n) is 16.9. The average Bonchev–Trinajstić information content (AvgIpc) is 3.07. The molecule has 3 aromatic rings. The van der Waals surface area contributed by atoms with Crippen LogP contribution in [-0.2, 0) is 0 Å². The lowest BCUT2D eigenvalue weighted by Gasteiger charge is -2.20. The summed E-state index contributed by atoms with van der Waals surface area (Å²) in [7, 11) is 0. The summed E-state index contributed by atoms with van der Waals surface area (Å²) in [6.07, 6.45) is 4.88.